The Kier molecular flexibility index (Phi) is 9.99. The van der Waals surface area contributed by atoms with E-state index in [-0.39, 0.29) is 17.6 Å². The first kappa shape index (κ1) is 29.2. The molecule has 0 radical (unpaired) electrons. The van der Waals surface area contributed by atoms with Crippen molar-refractivity contribution in [2.24, 2.45) is 4.99 Å². The van der Waals surface area contributed by atoms with Gasteiger partial charge in [0, 0.05) is 14.1 Å². The van der Waals surface area contributed by atoms with Gasteiger partial charge in [0.05, 0.1) is 13.2 Å². The van der Waals surface area contributed by atoms with Gasteiger partial charge in [0.1, 0.15) is 29.8 Å². The molecule has 6 nitrogen and oxygen atoms in total. The molecule has 6 atom stereocenters. The summed E-state index contributed by atoms with van der Waals surface area (Å²) < 4.78 is 67.0. The summed E-state index contributed by atoms with van der Waals surface area (Å²) in [5.74, 6) is 0. The highest BCUT2D eigenvalue weighted by Gasteiger charge is 2.59. The zero-order valence-electron chi connectivity index (χ0n) is 21.0. The Bertz CT molecular complexity index is 1090. The van der Waals surface area contributed by atoms with E-state index in [1.54, 1.807) is 11.2 Å². The van der Waals surface area contributed by atoms with Crippen molar-refractivity contribution in [2.45, 2.75) is 55.3 Å². The van der Waals surface area contributed by atoms with Gasteiger partial charge in [-0.1, -0.05) is 84.2 Å². The van der Waals surface area contributed by atoms with Crippen LogP contribution < -0.4 is 0 Å². The first-order chi connectivity index (χ1) is 18.2. The monoisotopic (exact) mass is 586 g/mol. The second kappa shape index (κ2) is 13.0. The lowest BCUT2D eigenvalue weighted by molar-refractivity contribution is -0.278. The molecule has 12 heteroatoms. The zero-order valence-corrected chi connectivity index (χ0v) is 23.5. The summed E-state index contributed by atoms with van der Waals surface area (Å²) in [6.45, 7) is 0.230. The molecule has 4 rings (SSSR count). The first-order valence-corrected chi connectivity index (χ1v) is 14.4. The number of ether oxygens (including phenoxy) is 4. The van der Waals surface area contributed by atoms with Crippen LogP contribution >= 0.6 is 35.7 Å². The van der Waals surface area contributed by atoms with Crippen LogP contribution in [0.5, 0.6) is 0 Å². The molecule has 0 amide bonds. The van der Waals surface area contributed by atoms with Crippen LogP contribution in [0.3, 0.4) is 0 Å². The number of rotatable bonds is 8. The SMILES string of the molecule is CSC(=S)O[C@H]([C@H]1O[C@@H]2SC(N(C)C)=N[C@@H]2[C@@H](OCc2ccccc2)[C@@H]1OCc1ccccc1)C(F)(F)F. The lowest BCUT2D eigenvalue weighted by atomic mass is 9.93. The van der Waals surface area contributed by atoms with E-state index < -0.39 is 42.1 Å². The molecule has 2 aromatic carbocycles. The molecular weight excluding hydrogens is 557 g/mol. The number of fused-ring (bicyclic) bond motifs is 1. The molecule has 2 aliphatic heterocycles. The molecule has 0 spiro atoms. The van der Waals surface area contributed by atoms with Gasteiger partial charge >= 0.3 is 6.18 Å². The summed E-state index contributed by atoms with van der Waals surface area (Å²) in [5.41, 5.74) is 0.965. The van der Waals surface area contributed by atoms with E-state index >= 15 is 0 Å². The van der Waals surface area contributed by atoms with Gasteiger partial charge in [0.15, 0.2) is 5.17 Å². The summed E-state index contributed by atoms with van der Waals surface area (Å²) in [5, 5.41) is 0.639. The van der Waals surface area contributed by atoms with E-state index in [0.29, 0.717) is 5.17 Å². The van der Waals surface area contributed by atoms with Crippen LogP contribution in [0.4, 0.5) is 13.2 Å². The zero-order chi connectivity index (χ0) is 27.3. The number of thiocarbonyl (C=S) groups is 1. The Labute approximate surface area is 234 Å². The van der Waals surface area contributed by atoms with Gasteiger partial charge in [-0.15, -0.1) is 0 Å². The van der Waals surface area contributed by atoms with Crippen molar-refractivity contribution < 1.29 is 32.1 Å². The third-order valence-corrected chi connectivity index (χ3v) is 8.33. The summed E-state index contributed by atoms with van der Waals surface area (Å²) in [6, 6.07) is 18.1. The number of benzene rings is 2. The van der Waals surface area contributed by atoms with Crippen LogP contribution in [0.15, 0.2) is 65.7 Å². The first-order valence-electron chi connectivity index (χ1n) is 11.9. The van der Waals surface area contributed by atoms with Gasteiger partial charge in [0.25, 0.3) is 0 Å². The number of alkyl halides is 3. The highest BCUT2D eigenvalue weighted by Crippen LogP contribution is 2.43. The maximum atomic E-state index is 14.5. The van der Waals surface area contributed by atoms with Gasteiger partial charge in [-0.3, -0.25) is 4.99 Å². The van der Waals surface area contributed by atoms with Gasteiger partial charge in [-0.2, -0.15) is 13.2 Å². The summed E-state index contributed by atoms with van der Waals surface area (Å²) in [6.07, 6.45) is -9.10. The molecular formula is C26H29F3N2O4S3. The molecule has 0 saturated carbocycles. The largest absolute Gasteiger partial charge is 0.463 e. The van der Waals surface area contributed by atoms with Crippen molar-refractivity contribution in [2.75, 3.05) is 20.4 Å². The fourth-order valence-electron chi connectivity index (χ4n) is 4.20. The summed E-state index contributed by atoms with van der Waals surface area (Å²) in [7, 11) is 3.64. The minimum Gasteiger partial charge on any atom is -0.463 e. The molecule has 2 heterocycles. The van der Waals surface area contributed by atoms with E-state index in [1.165, 1.54) is 11.8 Å². The fraction of sp³-hybridized carbons (Fsp3) is 0.462. The Hall–Kier alpha value is -1.83. The number of hydrogen-bond acceptors (Lipinski definition) is 9. The smallest absolute Gasteiger partial charge is 0.428 e. The molecule has 38 heavy (non-hydrogen) atoms. The number of amidine groups is 1. The Morgan fingerprint density at radius 2 is 1.58 bits per heavy atom. The molecule has 0 unspecified atom stereocenters. The van der Waals surface area contributed by atoms with Crippen molar-refractivity contribution in [3.05, 3.63) is 71.8 Å². The van der Waals surface area contributed by atoms with Crippen LogP contribution in [-0.4, -0.2) is 76.9 Å². The lowest BCUT2D eigenvalue weighted by Gasteiger charge is -2.45. The normalized spacial score (nSPS) is 25.8. The van der Waals surface area contributed by atoms with Gasteiger partial charge in [-0.05, 0) is 29.6 Å². The van der Waals surface area contributed by atoms with Gasteiger partial charge < -0.3 is 23.8 Å². The number of thioether (sulfide) groups is 2. The average molecular weight is 587 g/mol. The fourth-order valence-corrected chi connectivity index (χ4v) is 5.64. The number of nitrogens with zero attached hydrogens (tertiary/aromatic N) is 2. The lowest BCUT2D eigenvalue weighted by Crippen LogP contribution is -2.63. The number of hydrogen-bond donors (Lipinski definition) is 0. The second-order valence-corrected chi connectivity index (χ2v) is 11.4. The molecule has 0 aliphatic carbocycles. The minimum absolute atomic E-state index is 0.0584. The predicted molar refractivity (Wildman–Crippen MR) is 148 cm³/mol. The van der Waals surface area contributed by atoms with Crippen molar-refractivity contribution in [3.8, 4) is 0 Å². The van der Waals surface area contributed by atoms with Gasteiger partial charge in [0.2, 0.25) is 10.5 Å². The predicted octanol–water partition coefficient (Wildman–Crippen LogP) is 5.51. The minimum atomic E-state index is -4.77. The molecule has 1 saturated heterocycles. The maximum Gasteiger partial charge on any atom is 0.428 e. The molecule has 0 N–H and O–H groups in total. The van der Waals surface area contributed by atoms with Crippen molar-refractivity contribution in [1.29, 1.82) is 0 Å². The van der Waals surface area contributed by atoms with Crippen LogP contribution in [0.25, 0.3) is 0 Å². The van der Waals surface area contributed by atoms with Gasteiger partial charge in [-0.25, -0.2) is 0 Å². The van der Waals surface area contributed by atoms with E-state index in [2.05, 4.69) is 0 Å². The van der Waals surface area contributed by atoms with Crippen LogP contribution in [0, 0.1) is 0 Å². The molecule has 1 fully saturated rings. The summed E-state index contributed by atoms with van der Waals surface area (Å²) in [4.78, 5) is 6.57. The van der Waals surface area contributed by atoms with E-state index in [0.717, 1.165) is 22.9 Å². The standard InChI is InChI=1S/C26H29F3N2O4S3/c1-31(2)24-30-18-19(32-14-16-10-6-4-7-11-16)20(33-15-17-12-8-5-9-13-17)21(34-23(18)38-24)22(26(27,28)29)35-25(36)37-3/h4-13,18-23H,14-15H2,1-3H3/t18-,19-,20+,21+,22-,23-/m1/s1. The van der Waals surface area contributed by atoms with E-state index in [1.807, 2.05) is 74.8 Å². The maximum absolute atomic E-state index is 14.5. The molecule has 2 aromatic rings. The van der Waals surface area contributed by atoms with Crippen LogP contribution in [0.2, 0.25) is 0 Å². The third kappa shape index (κ3) is 7.22. The third-order valence-electron chi connectivity index (χ3n) is 6.00. The van der Waals surface area contributed by atoms with E-state index in [9.17, 15) is 13.2 Å². The molecule has 2 aliphatic rings. The van der Waals surface area contributed by atoms with Crippen molar-refractivity contribution in [3.63, 3.8) is 0 Å². The highest BCUT2D eigenvalue weighted by atomic mass is 32.2. The Morgan fingerprint density at radius 3 is 2.08 bits per heavy atom. The van der Waals surface area contributed by atoms with E-state index in [4.69, 9.17) is 36.2 Å². The van der Waals surface area contributed by atoms with Crippen molar-refractivity contribution >= 4 is 45.3 Å². The van der Waals surface area contributed by atoms with Crippen LogP contribution in [-0.2, 0) is 32.2 Å². The van der Waals surface area contributed by atoms with Crippen molar-refractivity contribution in [1.82, 2.24) is 4.90 Å². The Balaban J connectivity index is 1.71. The molecule has 0 aromatic heterocycles. The molecule has 206 valence electrons. The quantitative estimate of drug-likeness (QED) is 0.376. The molecule has 0 bridgehead atoms. The topological polar surface area (TPSA) is 52.5 Å². The number of aliphatic imine (C=N–C) groups is 1. The summed E-state index contributed by atoms with van der Waals surface area (Å²) >= 11 is 7.20. The number of halogens is 3. The second-order valence-electron chi connectivity index (χ2n) is 8.94. The average Bonchev–Trinajstić information content (AvgIpc) is 3.34. The van der Waals surface area contributed by atoms with Crippen LogP contribution in [0.1, 0.15) is 11.1 Å². The Morgan fingerprint density at radius 1 is 1.03 bits per heavy atom. The highest BCUT2D eigenvalue weighted by molar-refractivity contribution is 8.22.